The highest BCUT2D eigenvalue weighted by Gasteiger charge is 2.29. The number of benzene rings is 3. The van der Waals surface area contributed by atoms with Crippen LogP contribution in [0.15, 0.2) is 84.9 Å². The summed E-state index contributed by atoms with van der Waals surface area (Å²) in [5.74, 6) is -1.27. The van der Waals surface area contributed by atoms with E-state index in [0.717, 1.165) is 0 Å². The standard InChI is InChI=1S/C26H25ClN2O4/c1-26(2,18-33-25(32)21-11-7-4-8-12-21)17-29(24(31)20-9-5-3-6-10-20)28-23(30)19-13-15-22(27)16-14-19/h3-16H,17-18H2,1-2H3,(H,28,30). The van der Waals surface area contributed by atoms with Crippen LogP contribution in [-0.2, 0) is 4.74 Å². The fraction of sp³-hybridized carbons (Fsp3) is 0.192. The number of nitrogens with zero attached hydrogens (tertiary/aromatic N) is 1. The second-order valence-corrected chi connectivity index (χ2v) is 8.75. The predicted molar refractivity (Wildman–Crippen MR) is 127 cm³/mol. The Morgan fingerprint density at radius 3 is 1.94 bits per heavy atom. The summed E-state index contributed by atoms with van der Waals surface area (Å²) in [5, 5.41) is 1.76. The average Bonchev–Trinajstić information content (AvgIpc) is 2.83. The van der Waals surface area contributed by atoms with E-state index < -0.39 is 17.3 Å². The molecule has 7 heteroatoms. The fourth-order valence-corrected chi connectivity index (χ4v) is 3.21. The van der Waals surface area contributed by atoms with Crippen LogP contribution < -0.4 is 5.43 Å². The smallest absolute Gasteiger partial charge is 0.338 e. The number of halogens is 1. The Labute approximate surface area is 198 Å². The van der Waals surface area contributed by atoms with Gasteiger partial charge in [0.05, 0.1) is 18.7 Å². The lowest BCUT2D eigenvalue weighted by Crippen LogP contribution is -2.51. The van der Waals surface area contributed by atoms with Gasteiger partial charge < -0.3 is 4.74 Å². The molecule has 170 valence electrons. The van der Waals surface area contributed by atoms with E-state index >= 15 is 0 Å². The first-order valence-corrected chi connectivity index (χ1v) is 10.8. The van der Waals surface area contributed by atoms with Crippen molar-refractivity contribution in [1.29, 1.82) is 0 Å². The number of esters is 1. The molecule has 0 heterocycles. The lowest BCUT2D eigenvalue weighted by atomic mass is 9.94. The molecular weight excluding hydrogens is 440 g/mol. The Bertz CT molecular complexity index is 1100. The molecule has 3 aromatic carbocycles. The number of carbonyl (C=O) groups is 3. The van der Waals surface area contributed by atoms with Gasteiger partial charge in [0.15, 0.2) is 0 Å². The Hall–Kier alpha value is -3.64. The number of carbonyl (C=O) groups excluding carboxylic acids is 3. The second-order valence-electron chi connectivity index (χ2n) is 8.31. The van der Waals surface area contributed by atoms with Crippen molar-refractivity contribution < 1.29 is 19.1 Å². The molecule has 0 fully saturated rings. The van der Waals surface area contributed by atoms with Crippen LogP contribution in [0, 0.1) is 5.41 Å². The number of rotatable bonds is 7. The Kier molecular flexibility index (Phi) is 7.85. The zero-order valence-electron chi connectivity index (χ0n) is 18.5. The first kappa shape index (κ1) is 24.0. The molecule has 0 atom stereocenters. The van der Waals surface area contributed by atoms with Gasteiger partial charge in [-0.15, -0.1) is 0 Å². The quantitative estimate of drug-likeness (QED) is 0.394. The van der Waals surface area contributed by atoms with Gasteiger partial charge in [-0.3, -0.25) is 15.0 Å². The molecule has 0 saturated carbocycles. The summed E-state index contributed by atoms with van der Waals surface area (Å²) in [6.07, 6.45) is 0. The van der Waals surface area contributed by atoms with Crippen molar-refractivity contribution in [2.24, 2.45) is 5.41 Å². The summed E-state index contributed by atoms with van der Waals surface area (Å²) in [6.45, 7) is 3.87. The minimum Gasteiger partial charge on any atom is -0.461 e. The SMILES string of the molecule is CC(C)(COC(=O)c1ccccc1)CN(NC(=O)c1ccc(Cl)cc1)C(=O)c1ccccc1. The number of hydrazine groups is 1. The third kappa shape index (κ3) is 6.92. The molecule has 0 aliphatic rings. The summed E-state index contributed by atoms with van der Waals surface area (Å²) in [5.41, 5.74) is 3.27. The van der Waals surface area contributed by atoms with E-state index in [4.69, 9.17) is 16.3 Å². The zero-order valence-corrected chi connectivity index (χ0v) is 19.2. The largest absolute Gasteiger partial charge is 0.461 e. The first-order valence-electron chi connectivity index (χ1n) is 10.4. The number of hydrogen-bond acceptors (Lipinski definition) is 4. The Morgan fingerprint density at radius 1 is 0.818 bits per heavy atom. The summed E-state index contributed by atoms with van der Waals surface area (Å²) in [7, 11) is 0. The topological polar surface area (TPSA) is 75.7 Å². The third-order valence-electron chi connectivity index (χ3n) is 4.80. The molecule has 1 N–H and O–H groups in total. The normalized spacial score (nSPS) is 10.9. The maximum absolute atomic E-state index is 13.2. The van der Waals surface area contributed by atoms with Gasteiger partial charge in [-0.2, -0.15) is 0 Å². The van der Waals surface area contributed by atoms with Gasteiger partial charge in [0, 0.05) is 21.6 Å². The molecule has 0 aliphatic heterocycles. The second kappa shape index (κ2) is 10.8. The molecule has 2 amide bonds. The van der Waals surface area contributed by atoms with Gasteiger partial charge in [0.2, 0.25) is 0 Å². The van der Waals surface area contributed by atoms with E-state index in [-0.39, 0.29) is 19.1 Å². The highest BCUT2D eigenvalue weighted by atomic mass is 35.5. The van der Waals surface area contributed by atoms with Gasteiger partial charge in [0.1, 0.15) is 0 Å². The fourth-order valence-electron chi connectivity index (χ4n) is 3.08. The molecule has 33 heavy (non-hydrogen) atoms. The Morgan fingerprint density at radius 2 is 1.36 bits per heavy atom. The minimum atomic E-state index is -0.651. The van der Waals surface area contributed by atoms with E-state index in [9.17, 15) is 14.4 Å². The first-order chi connectivity index (χ1) is 15.7. The van der Waals surface area contributed by atoms with E-state index in [2.05, 4.69) is 5.43 Å². The van der Waals surface area contributed by atoms with Gasteiger partial charge in [-0.1, -0.05) is 61.8 Å². The monoisotopic (exact) mass is 464 g/mol. The molecule has 0 bridgehead atoms. The van der Waals surface area contributed by atoms with Crippen LogP contribution >= 0.6 is 11.6 Å². The summed E-state index contributed by atoms with van der Waals surface area (Å²) in [4.78, 5) is 38.3. The molecule has 6 nitrogen and oxygen atoms in total. The van der Waals surface area contributed by atoms with Crippen LogP contribution in [-0.4, -0.2) is 35.9 Å². The van der Waals surface area contributed by atoms with Crippen LogP contribution in [0.5, 0.6) is 0 Å². The van der Waals surface area contributed by atoms with Crippen molar-refractivity contribution in [2.75, 3.05) is 13.2 Å². The van der Waals surface area contributed by atoms with Crippen LogP contribution in [0.3, 0.4) is 0 Å². The van der Waals surface area contributed by atoms with Crippen molar-refractivity contribution in [3.8, 4) is 0 Å². The predicted octanol–water partition coefficient (Wildman–Crippen LogP) is 5.01. The maximum Gasteiger partial charge on any atom is 0.338 e. The van der Waals surface area contributed by atoms with E-state index in [1.807, 2.05) is 19.9 Å². The highest BCUT2D eigenvalue weighted by molar-refractivity contribution is 6.30. The third-order valence-corrected chi connectivity index (χ3v) is 5.05. The molecule has 0 unspecified atom stereocenters. The summed E-state index contributed by atoms with van der Waals surface area (Å²) in [6, 6.07) is 23.7. The van der Waals surface area contributed by atoms with Gasteiger partial charge in [0.25, 0.3) is 11.8 Å². The van der Waals surface area contributed by atoms with Crippen molar-refractivity contribution >= 4 is 29.4 Å². The molecule has 0 aromatic heterocycles. The number of amides is 2. The lowest BCUT2D eigenvalue weighted by molar-refractivity contribution is 0.0198. The number of nitrogens with one attached hydrogen (secondary N) is 1. The van der Waals surface area contributed by atoms with Crippen LogP contribution in [0.25, 0.3) is 0 Å². The maximum atomic E-state index is 13.2. The molecular formula is C26H25ClN2O4. The average molecular weight is 465 g/mol. The van der Waals surface area contributed by atoms with E-state index in [0.29, 0.717) is 21.7 Å². The molecule has 0 saturated heterocycles. The molecule has 0 radical (unpaired) electrons. The number of ether oxygens (including phenoxy) is 1. The van der Waals surface area contributed by atoms with Gasteiger partial charge >= 0.3 is 5.97 Å². The summed E-state index contributed by atoms with van der Waals surface area (Å²) >= 11 is 5.91. The van der Waals surface area contributed by atoms with Crippen molar-refractivity contribution in [3.05, 3.63) is 107 Å². The minimum absolute atomic E-state index is 0.0517. The lowest BCUT2D eigenvalue weighted by Gasteiger charge is -2.32. The van der Waals surface area contributed by atoms with Crippen LogP contribution in [0.4, 0.5) is 0 Å². The molecule has 3 rings (SSSR count). The van der Waals surface area contributed by atoms with E-state index in [1.54, 1.807) is 78.9 Å². The Balaban J connectivity index is 1.74. The molecule has 3 aromatic rings. The van der Waals surface area contributed by atoms with Crippen molar-refractivity contribution in [1.82, 2.24) is 10.4 Å². The zero-order chi connectivity index (χ0) is 23.8. The van der Waals surface area contributed by atoms with Crippen LogP contribution in [0.1, 0.15) is 44.9 Å². The summed E-state index contributed by atoms with van der Waals surface area (Å²) < 4.78 is 5.48. The highest BCUT2D eigenvalue weighted by Crippen LogP contribution is 2.20. The van der Waals surface area contributed by atoms with Gasteiger partial charge in [-0.25, -0.2) is 9.80 Å². The van der Waals surface area contributed by atoms with Crippen molar-refractivity contribution in [3.63, 3.8) is 0 Å². The number of hydrogen-bond donors (Lipinski definition) is 1. The van der Waals surface area contributed by atoms with Crippen molar-refractivity contribution in [2.45, 2.75) is 13.8 Å². The van der Waals surface area contributed by atoms with Crippen LogP contribution in [0.2, 0.25) is 5.02 Å². The van der Waals surface area contributed by atoms with Gasteiger partial charge in [-0.05, 0) is 48.5 Å². The molecule has 0 spiro atoms. The van der Waals surface area contributed by atoms with E-state index in [1.165, 1.54) is 5.01 Å². The molecule has 0 aliphatic carbocycles.